The van der Waals surface area contributed by atoms with Gasteiger partial charge >= 0.3 is 5.97 Å². The van der Waals surface area contributed by atoms with Gasteiger partial charge in [-0.3, -0.25) is 4.79 Å². The van der Waals surface area contributed by atoms with E-state index in [1.165, 1.54) is 7.11 Å². The molecule has 2 aromatic carbocycles. The number of anilines is 1. The lowest BCUT2D eigenvalue weighted by molar-refractivity contribution is -0.117. The molecule has 2 heterocycles. The lowest BCUT2D eigenvalue weighted by Crippen LogP contribution is -2.30. The molecule has 0 unspecified atom stereocenters. The Balaban J connectivity index is 1.56. The van der Waals surface area contributed by atoms with Crippen LogP contribution in [0.3, 0.4) is 0 Å². The van der Waals surface area contributed by atoms with Crippen LogP contribution in [-0.4, -0.2) is 32.6 Å². The van der Waals surface area contributed by atoms with E-state index in [4.69, 9.17) is 13.9 Å². The largest absolute Gasteiger partial charge is 0.497 e. The average Bonchev–Trinajstić information content (AvgIpc) is 3.30. The standard InChI is InChI=1S/C21H19NO5/c1-25-16-4-5-17-15(12-27-19(17)11-16)10-20(23)22-8-7-13-9-14(21(24)26-2)3-6-18(13)22/h3-6,9,11-12H,7-8,10H2,1-2H3. The number of nitrogens with zero attached hydrogens (tertiary/aromatic N) is 1. The second kappa shape index (κ2) is 6.79. The predicted molar refractivity (Wildman–Crippen MR) is 100 cm³/mol. The summed E-state index contributed by atoms with van der Waals surface area (Å²) in [4.78, 5) is 26.3. The quantitative estimate of drug-likeness (QED) is 0.663. The van der Waals surface area contributed by atoms with Crippen LogP contribution in [0.1, 0.15) is 21.5 Å². The maximum Gasteiger partial charge on any atom is 0.337 e. The fourth-order valence-corrected chi connectivity index (χ4v) is 3.49. The second-order valence-electron chi connectivity index (χ2n) is 6.43. The van der Waals surface area contributed by atoms with Crippen molar-refractivity contribution >= 4 is 28.5 Å². The molecule has 0 atom stereocenters. The number of furan rings is 1. The highest BCUT2D eigenvalue weighted by Crippen LogP contribution is 2.31. The molecule has 1 aromatic heterocycles. The Bertz CT molecular complexity index is 1040. The summed E-state index contributed by atoms with van der Waals surface area (Å²) in [6.45, 7) is 0.600. The monoisotopic (exact) mass is 365 g/mol. The third-order valence-corrected chi connectivity index (χ3v) is 4.90. The first-order chi connectivity index (χ1) is 13.1. The number of benzene rings is 2. The smallest absolute Gasteiger partial charge is 0.337 e. The molecule has 1 aliphatic heterocycles. The number of carbonyl (C=O) groups excluding carboxylic acids is 2. The summed E-state index contributed by atoms with van der Waals surface area (Å²) < 4.78 is 15.5. The highest BCUT2D eigenvalue weighted by atomic mass is 16.5. The fraction of sp³-hybridized carbons (Fsp3) is 0.238. The lowest BCUT2D eigenvalue weighted by atomic mass is 10.1. The van der Waals surface area contributed by atoms with Crippen LogP contribution < -0.4 is 9.64 Å². The highest BCUT2D eigenvalue weighted by molar-refractivity contribution is 6.00. The van der Waals surface area contributed by atoms with Gasteiger partial charge in [-0.15, -0.1) is 0 Å². The topological polar surface area (TPSA) is 69.0 Å². The number of rotatable bonds is 4. The lowest BCUT2D eigenvalue weighted by Gasteiger charge is -2.17. The normalized spacial score (nSPS) is 12.9. The van der Waals surface area contributed by atoms with Crippen LogP contribution in [0, 0.1) is 0 Å². The molecule has 0 saturated carbocycles. The number of fused-ring (bicyclic) bond motifs is 2. The number of methoxy groups -OCH3 is 2. The number of hydrogen-bond acceptors (Lipinski definition) is 5. The molecule has 1 amide bonds. The van der Waals surface area contributed by atoms with E-state index in [-0.39, 0.29) is 18.3 Å². The zero-order valence-corrected chi connectivity index (χ0v) is 15.2. The zero-order chi connectivity index (χ0) is 19.0. The molecule has 6 heteroatoms. The van der Waals surface area contributed by atoms with Crippen molar-refractivity contribution in [2.75, 3.05) is 25.7 Å². The van der Waals surface area contributed by atoms with E-state index in [0.29, 0.717) is 23.4 Å². The van der Waals surface area contributed by atoms with Crippen molar-refractivity contribution < 1.29 is 23.5 Å². The molecule has 3 aromatic rings. The first-order valence-electron chi connectivity index (χ1n) is 8.66. The van der Waals surface area contributed by atoms with Crippen LogP contribution in [0.15, 0.2) is 47.1 Å². The minimum Gasteiger partial charge on any atom is -0.497 e. The molecule has 0 radical (unpaired) electrons. The van der Waals surface area contributed by atoms with Gasteiger partial charge in [0, 0.05) is 29.2 Å². The van der Waals surface area contributed by atoms with Gasteiger partial charge in [-0.2, -0.15) is 0 Å². The third kappa shape index (κ3) is 3.03. The van der Waals surface area contributed by atoms with E-state index in [9.17, 15) is 9.59 Å². The Morgan fingerprint density at radius 1 is 1.15 bits per heavy atom. The van der Waals surface area contributed by atoms with E-state index in [1.807, 2.05) is 24.3 Å². The summed E-state index contributed by atoms with van der Waals surface area (Å²) in [5.74, 6) is 0.338. The van der Waals surface area contributed by atoms with Crippen LogP contribution in [-0.2, 0) is 22.4 Å². The molecule has 6 nitrogen and oxygen atoms in total. The summed E-state index contributed by atoms with van der Waals surface area (Å²) >= 11 is 0. The summed E-state index contributed by atoms with van der Waals surface area (Å²) in [5, 5.41) is 0.907. The Morgan fingerprint density at radius 3 is 2.78 bits per heavy atom. The van der Waals surface area contributed by atoms with Crippen molar-refractivity contribution in [3.05, 3.63) is 59.4 Å². The molecule has 0 N–H and O–H groups in total. The average molecular weight is 365 g/mol. The molecular weight excluding hydrogens is 346 g/mol. The second-order valence-corrected chi connectivity index (χ2v) is 6.43. The maximum atomic E-state index is 12.9. The van der Waals surface area contributed by atoms with Gasteiger partial charge in [0.1, 0.15) is 11.3 Å². The molecule has 0 saturated heterocycles. The molecule has 0 bridgehead atoms. The van der Waals surface area contributed by atoms with Crippen molar-refractivity contribution in [2.24, 2.45) is 0 Å². The Labute approximate surface area is 156 Å². The van der Waals surface area contributed by atoms with E-state index < -0.39 is 0 Å². The van der Waals surface area contributed by atoms with Crippen molar-refractivity contribution in [1.29, 1.82) is 0 Å². The van der Waals surface area contributed by atoms with Gasteiger partial charge in [-0.05, 0) is 42.3 Å². The molecule has 27 heavy (non-hydrogen) atoms. The molecule has 4 rings (SSSR count). The third-order valence-electron chi connectivity index (χ3n) is 4.90. The molecular formula is C21H19NO5. The minimum atomic E-state index is -0.372. The van der Waals surface area contributed by atoms with Crippen LogP contribution >= 0.6 is 0 Å². The first-order valence-corrected chi connectivity index (χ1v) is 8.66. The van der Waals surface area contributed by atoms with Crippen molar-refractivity contribution in [2.45, 2.75) is 12.8 Å². The van der Waals surface area contributed by atoms with Gasteiger partial charge in [0.05, 0.1) is 32.5 Å². The Kier molecular flexibility index (Phi) is 4.32. The zero-order valence-electron chi connectivity index (χ0n) is 15.2. The van der Waals surface area contributed by atoms with E-state index in [2.05, 4.69) is 0 Å². The van der Waals surface area contributed by atoms with Gasteiger partial charge in [0.15, 0.2) is 0 Å². The number of amides is 1. The summed E-state index contributed by atoms with van der Waals surface area (Å²) in [6, 6.07) is 10.9. The van der Waals surface area contributed by atoms with Crippen LogP contribution in [0.4, 0.5) is 5.69 Å². The van der Waals surface area contributed by atoms with Gasteiger partial charge in [-0.1, -0.05) is 0 Å². The maximum absolute atomic E-state index is 12.9. The van der Waals surface area contributed by atoms with E-state index in [0.717, 1.165) is 28.6 Å². The number of carbonyl (C=O) groups is 2. The summed E-state index contributed by atoms with van der Waals surface area (Å²) in [6.07, 6.45) is 2.59. The Morgan fingerprint density at radius 2 is 2.00 bits per heavy atom. The van der Waals surface area contributed by atoms with E-state index >= 15 is 0 Å². The molecule has 1 aliphatic rings. The fourth-order valence-electron chi connectivity index (χ4n) is 3.49. The van der Waals surface area contributed by atoms with Crippen molar-refractivity contribution in [3.63, 3.8) is 0 Å². The number of ether oxygens (including phenoxy) is 2. The molecule has 0 spiro atoms. The Hall–Kier alpha value is -3.28. The van der Waals surface area contributed by atoms with Crippen molar-refractivity contribution in [3.8, 4) is 5.75 Å². The van der Waals surface area contributed by atoms with Gasteiger partial charge < -0.3 is 18.8 Å². The molecule has 0 aliphatic carbocycles. The first kappa shape index (κ1) is 17.1. The summed E-state index contributed by atoms with van der Waals surface area (Å²) in [7, 11) is 2.96. The van der Waals surface area contributed by atoms with E-state index in [1.54, 1.807) is 30.4 Å². The summed E-state index contributed by atoms with van der Waals surface area (Å²) in [5.41, 5.74) is 3.87. The van der Waals surface area contributed by atoms with Gasteiger partial charge in [0.2, 0.25) is 5.91 Å². The number of hydrogen-bond donors (Lipinski definition) is 0. The van der Waals surface area contributed by atoms with Gasteiger partial charge in [-0.25, -0.2) is 4.79 Å². The predicted octanol–water partition coefficient (Wildman–Crippen LogP) is 3.36. The number of esters is 1. The SMILES string of the molecule is COC(=O)c1ccc2c(c1)CCN2C(=O)Cc1coc2cc(OC)ccc12. The van der Waals surface area contributed by atoms with Crippen LogP contribution in [0.5, 0.6) is 5.75 Å². The minimum absolute atomic E-state index is 0.00177. The van der Waals surface area contributed by atoms with Crippen molar-refractivity contribution in [1.82, 2.24) is 0 Å². The molecule has 138 valence electrons. The van der Waals surface area contributed by atoms with Crippen LogP contribution in [0.25, 0.3) is 11.0 Å². The van der Waals surface area contributed by atoms with Crippen LogP contribution in [0.2, 0.25) is 0 Å². The van der Waals surface area contributed by atoms with Gasteiger partial charge in [0.25, 0.3) is 0 Å². The molecule has 0 fully saturated rings. The highest BCUT2D eigenvalue weighted by Gasteiger charge is 2.26.